The van der Waals surface area contributed by atoms with Crippen LogP contribution in [0.25, 0.3) is 0 Å². The van der Waals surface area contributed by atoms with E-state index in [-0.39, 0.29) is 23.9 Å². The van der Waals surface area contributed by atoms with Crippen molar-refractivity contribution in [3.8, 4) is 5.75 Å². The molecule has 0 aliphatic heterocycles. The van der Waals surface area contributed by atoms with Gasteiger partial charge in [0.2, 0.25) is 10.0 Å². The third kappa shape index (κ3) is 4.17. The van der Waals surface area contributed by atoms with Gasteiger partial charge in [0.25, 0.3) is 0 Å². The smallest absolute Gasteiger partial charge is 0.244 e. The molecule has 114 valence electrons. The summed E-state index contributed by atoms with van der Waals surface area (Å²) in [6, 6.07) is 4.52. The second kappa shape index (κ2) is 6.53. The van der Waals surface area contributed by atoms with Crippen LogP contribution in [0.15, 0.2) is 23.1 Å². The quantitative estimate of drug-likeness (QED) is 0.781. The Balaban J connectivity index is 3.20. The Hall–Kier alpha value is -1.15. The summed E-state index contributed by atoms with van der Waals surface area (Å²) in [5.74, 6) is 0.225. The molecule has 20 heavy (non-hydrogen) atoms. The molecule has 0 bridgehead atoms. The van der Waals surface area contributed by atoms with Crippen molar-refractivity contribution >= 4 is 10.0 Å². The van der Waals surface area contributed by atoms with Gasteiger partial charge < -0.3 is 14.6 Å². The molecule has 0 spiro atoms. The van der Waals surface area contributed by atoms with Gasteiger partial charge in [-0.25, -0.2) is 13.1 Å². The summed E-state index contributed by atoms with van der Waals surface area (Å²) in [6.07, 6.45) is 0. The maximum atomic E-state index is 12.4. The minimum Gasteiger partial charge on any atom is -0.495 e. The van der Waals surface area contributed by atoms with E-state index >= 15 is 0 Å². The highest BCUT2D eigenvalue weighted by Gasteiger charge is 2.28. The first-order valence-electron chi connectivity index (χ1n) is 6.06. The van der Waals surface area contributed by atoms with Crippen molar-refractivity contribution in [3.63, 3.8) is 0 Å². The molecule has 0 unspecified atom stereocenters. The van der Waals surface area contributed by atoms with Crippen LogP contribution < -0.4 is 9.46 Å². The average molecular weight is 303 g/mol. The summed E-state index contributed by atoms with van der Waals surface area (Å²) in [5.41, 5.74) is -0.260. The fraction of sp³-hybridized carbons (Fsp3) is 0.538. The lowest BCUT2D eigenvalue weighted by atomic mass is 10.1. The van der Waals surface area contributed by atoms with E-state index in [2.05, 4.69) is 4.72 Å². The summed E-state index contributed by atoms with van der Waals surface area (Å²) in [5, 5.41) is 9.13. The number of aliphatic hydroxyl groups excluding tert-OH is 1. The molecule has 0 amide bonds. The maximum absolute atomic E-state index is 12.4. The third-order valence-corrected chi connectivity index (χ3v) is 4.34. The number of methoxy groups -OCH3 is 2. The standard InChI is InChI=1S/C13H21NO5S/c1-13(2,9-18-3)14-20(16,17)12-7-10(8-15)5-6-11(12)19-4/h5-7,14-15H,8-9H2,1-4H3. The summed E-state index contributed by atoms with van der Waals surface area (Å²) < 4.78 is 37.5. The molecule has 0 aromatic heterocycles. The number of hydrogen-bond donors (Lipinski definition) is 2. The number of benzene rings is 1. The average Bonchev–Trinajstić information content (AvgIpc) is 2.36. The minimum absolute atomic E-state index is 0.00396. The lowest BCUT2D eigenvalue weighted by Crippen LogP contribution is -2.46. The highest BCUT2D eigenvalue weighted by molar-refractivity contribution is 7.89. The van der Waals surface area contributed by atoms with E-state index in [4.69, 9.17) is 14.6 Å². The van der Waals surface area contributed by atoms with Gasteiger partial charge in [-0.05, 0) is 31.5 Å². The number of hydrogen-bond acceptors (Lipinski definition) is 5. The van der Waals surface area contributed by atoms with E-state index in [9.17, 15) is 8.42 Å². The molecule has 1 aromatic rings. The van der Waals surface area contributed by atoms with E-state index in [1.54, 1.807) is 19.9 Å². The fourth-order valence-corrected chi connectivity index (χ4v) is 3.46. The van der Waals surface area contributed by atoms with Gasteiger partial charge in [-0.3, -0.25) is 0 Å². The molecular formula is C13H21NO5S. The van der Waals surface area contributed by atoms with E-state index in [0.717, 1.165) is 0 Å². The van der Waals surface area contributed by atoms with Crippen molar-refractivity contribution in [1.82, 2.24) is 4.72 Å². The number of ether oxygens (including phenoxy) is 2. The Morgan fingerprint density at radius 3 is 2.45 bits per heavy atom. The van der Waals surface area contributed by atoms with E-state index < -0.39 is 15.6 Å². The molecule has 0 saturated carbocycles. The molecule has 2 N–H and O–H groups in total. The van der Waals surface area contributed by atoms with Gasteiger partial charge in [0.1, 0.15) is 10.6 Å². The van der Waals surface area contributed by atoms with Crippen LogP contribution in [0.3, 0.4) is 0 Å². The van der Waals surface area contributed by atoms with Gasteiger partial charge in [-0.15, -0.1) is 0 Å². The second-order valence-corrected chi connectivity index (χ2v) is 6.72. The van der Waals surface area contributed by atoms with Crippen LogP contribution in [-0.2, 0) is 21.4 Å². The number of sulfonamides is 1. The van der Waals surface area contributed by atoms with Crippen LogP contribution in [0.5, 0.6) is 5.75 Å². The lowest BCUT2D eigenvalue weighted by Gasteiger charge is -2.25. The Morgan fingerprint density at radius 1 is 1.30 bits per heavy atom. The van der Waals surface area contributed by atoms with Gasteiger partial charge in [0.15, 0.2) is 0 Å². The molecule has 0 aliphatic rings. The Kier molecular flexibility index (Phi) is 5.52. The monoisotopic (exact) mass is 303 g/mol. The van der Waals surface area contributed by atoms with Gasteiger partial charge in [-0.2, -0.15) is 0 Å². The second-order valence-electron chi connectivity index (χ2n) is 5.07. The molecule has 0 atom stereocenters. The molecular weight excluding hydrogens is 282 g/mol. The molecule has 0 fully saturated rings. The van der Waals surface area contributed by atoms with Crippen molar-refractivity contribution in [2.45, 2.75) is 30.9 Å². The SMILES string of the molecule is COCC(C)(C)NS(=O)(=O)c1cc(CO)ccc1OC. The van der Waals surface area contributed by atoms with E-state index in [1.165, 1.54) is 26.4 Å². The van der Waals surface area contributed by atoms with Crippen LogP contribution in [-0.4, -0.2) is 39.9 Å². The Labute approximate surface area is 119 Å². The highest BCUT2D eigenvalue weighted by Crippen LogP contribution is 2.26. The highest BCUT2D eigenvalue weighted by atomic mass is 32.2. The third-order valence-electron chi connectivity index (χ3n) is 2.62. The minimum atomic E-state index is -3.78. The number of nitrogens with one attached hydrogen (secondary N) is 1. The number of rotatable bonds is 7. The predicted molar refractivity (Wildman–Crippen MR) is 75.2 cm³/mol. The molecule has 6 nitrogen and oxygen atoms in total. The molecule has 0 saturated heterocycles. The topological polar surface area (TPSA) is 84.9 Å². The van der Waals surface area contributed by atoms with Gasteiger partial charge in [0, 0.05) is 7.11 Å². The first-order chi connectivity index (χ1) is 9.25. The summed E-state index contributed by atoms with van der Waals surface area (Å²) in [4.78, 5) is -0.00396. The summed E-state index contributed by atoms with van der Waals surface area (Å²) >= 11 is 0. The Morgan fingerprint density at radius 2 is 1.95 bits per heavy atom. The van der Waals surface area contributed by atoms with Crippen molar-refractivity contribution in [3.05, 3.63) is 23.8 Å². The largest absolute Gasteiger partial charge is 0.495 e. The molecule has 0 radical (unpaired) electrons. The van der Waals surface area contributed by atoms with E-state index in [1.807, 2.05) is 0 Å². The molecule has 7 heteroatoms. The maximum Gasteiger partial charge on any atom is 0.244 e. The van der Waals surface area contributed by atoms with Gasteiger partial charge >= 0.3 is 0 Å². The van der Waals surface area contributed by atoms with Crippen LogP contribution in [0.1, 0.15) is 19.4 Å². The van der Waals surface area contributed by atoms with Crippen LogP contribution >= 0.6 is 0 Å². The van der Waals surface area contributed by atoms with Crippen LogP contribution in [0.4, 0.5) is 0 Å². The van der Waals surface area contributed by atoms with Crippen molar-refractivity contribution < 1.29 is 23.0 Å². The first-order valence-corrected chi connectivity index (χ1v) is 7.55. The molecule has 1 aromatic carbocycles. The number of aliphatic hydroxyl groups is 1. The Bertz CT molecular complexity index is 554. The van der Waals surface area contributed by atoms with Crippen LogP contribution in [0, 0.1) is 0 Å². The zero-order valence-electron chi connectivity index (χ0n) is 12.1. The van der Waals surface area contributed by atoms with E-state index in [0.29, 0.717) is 5.56 Å². The normalized spacial score (nSPS) is 12.4. The van der Waals surface area contributed by atoms with Gasteiger partial charge in [0.05, 0.1) is 25.9 Å². The molecule has 1 rings (SSSR count). The summed E-state index contributed by atoms with van der Waals surface area (Å²) in [6.45, 7) is 3.43. The first kappa shape index (κ1) is 16.9. The lowest BCUT2D eigenvalue weighted by molar-refractivity contribution is 0.141. The van der Waals surface area contributed by atoms with Crippen molar-refractivity contribution in [2.75, 3.05) is 20.8 Å². The molecule has 0 aliphatic carbocycles. The zero-order valence-corrected chi connectivity index (χ0v) is 13.0. The predicted octanol–water partition coefficient (Wildman–Crippen LogP) is 0.891. The van der Waals surface area contributed by atoms with Crippen molar-refractivity contribution in [2.24, 2.45) is 0 Å². The van der Waals surface area contributed by atoms with Crippen molar-refractivity contribution in [1.29, 1.82) is 0 Å². The zero-order chi connectivity index (χ0) is 15.4. The summed E-state index contributed by atoms with van der Waals surface area (Å²) in [7, 11) is -0.883. The van der Waals surface area contributed by atoms with Gasteiger partial charge in [-0.1, -0.05) is 6.07 Å². The van der Waals surface area contributed by atoms with Crippen LogP contribution in [0.2, 0.25) is 0 Å². The fourth-order valence-electron chi connectivity index (χ4n) is 1.84. The molecule has 0 heterocycles.